The number of hydrogen-bond acceptors (Lipinski definition) is 3. The summed E-state index contributed by atoms with van der Waals surface area (Å²) in [6.07, 6.45) is 0. The Kier molecular flexibility index (Phi) is 5.79. The van der Waals surface area contributed by atoms with Crippen LogP contribution in [-0.4, -0.2) is 25.6 Å². The average Bonchev–Trinajstić information content (AvgIpc) is 2.50. The fraction of sp³-hybridized carbons (Fsp3) is 0.294. The van der Waals surface area contributed by atoms with Crippen molar-refractivity contribution < 1.29 is 4.74 Å². The third kappa shape index (κ3) is 4.30. The Morgan fingerprint density at radius 3 is 2.24 bits per heavy atom. The van der Waals surface area contributed by atoms with Crippen LogP contribution in [0, 0.1) is 0 Å². The van der Waals surface area contributed by atoms with Crippen LogP contribution in [0.2, 0.25) is 0 Å². The molecule has 0 aliphatic rings. The summed E-state index contributed by atoms with van der Waals surface area (Å²) in [5, 5.41) is 0. The summed E-state index contributed by atoms with van der Waals surface area (Å²) in [5.74, 6) is 0.879. The highest BCUT2D eigenvalue weighted by Gasteiger charge is 2.15. The number of hydrogen-bond donors (Lipinski definition) is 1. The highest BCUT2D eigenvalue weighted by molar-refractivity contribution is 9.10. The summed E-state index contributed by atoms with van der Waals surface area (Å²) in [4.78, 5) is 2.27. The van der Waals surface area contributed by atoms with Crippen molar-refractivity contribution in [2.24, 2.45) is 5.73 Å². The third-order valence-electron chi connectivity index (χ3n) is 3.60. The van der Waals surface area contributed by atoms with Gasteiger partial charge in [0.25, 0.3) is 0 Å². The standard InChI is InChI=1S/C17H21BrN2O/c1-20(12-13-3-9-16(21-2)10-4-13)17(11-19)14-5-7-15(18)8-6-14/h3-10,17H,11-12,19H2,1-2H3. The van der Waals surface area contributed by atoms with Crippen molar-refractivity contribution in [2.45, 2.75) is 12.6 Å². The van der Waals surface area contributed by atoms with Gasteiger partial charge in [-0.3, -0.25) is 4.90 Å². The van der Waals surface area contributed by atoms with E-state index < -0.39 is 0 Å². The lowest BCUT2D eigenvalue weighted by molar-refractivity contribution is 0.241. The van der Waals surface area contributed by atoms with Crippen LogP contribution in [0.3, 0.4) is 0 Å². The van der Waals surface area contributed by atoms with Crippen molar-refractivity contribution in [3.8, 4) is 5.75 Å². The number of benzene rings is 2. The molecule has 2 rings (SSSR count). The van der Waals surface area contributed by atoms with Crippen LogP contribution in [0.1, 0.15) is 17.2 Å². The molecular formula is C17H21BrN2O. The van der Waals surface area contributed by atoms with Crippen LogP contribution in [0.5, 0.6) is 5.75 Å². The fourth-order valence-corrected chi connectivity index (χ4v) is 2.65. The second kappa shape index (κ2) is 7.59. The molecule has 21 heavy (non-hydrogen) atoms. The molecule has 0 aromatic heterocycles. The van der Waals surface area contributed by atoms with Crippen molar-refractivity contribution in [3.63, 3.8) is 0 Å². The van der Waals surface area contributed by atoms with Gasteiger partial charge in [0.2, 0.25) is 0 Å². The Labute approximate surface area is 134 Å². The lowest BCUT2D eigenvalue weighted by Crippen LogP contribution is -2.30. The van der Waals surface area contributed by atoms with Crippen molar-refractivity contribution in [1.29, 1.82) is 0 Å². The molecule has 2 aromatic carbocycles. The van der Waals surface area contributed by atoms with Crippen LogP contribution < -0.4 is 10.5 Å². The van der Waals surface area contributed by atoms with Gasteiger partial charge >= 0.3 is 0 Å². The van der Waals surface area contributed by atoms with Gasteiger partial charge in [0, 0.05) is 23.6 Å². The van der Waals surface area contributed by atoms with Crippen LogP contribution >= 0.6 is 15.9 Å². The van der Waals surface area contributed by atoms with Crippen LogP contribution in [0.4, 0.5) is 0 Å². The number of likely N-dealkylation sites (N-methyl/N-ethyl adjacent to an activating group) is 1. The van der Waals surface area contributed by atoms with Gasteiger partial charge in [-0.15, -0.1) is 0 Å². The van der Waals surface area contributed by atoms with E-state index in [1.807, 2.05) is 12.1 Å². The van der Waals surface area contributed by atoms with E-state index in [0.717, 1.165) is 16.8 Å². The first kappa shape index (κ1) is 16.0. The predicted molar refractivity (Wildman–Crippen MR) is 90.4 cm³/mol. The molecule has 0 saturated carbocycles. The molecule has 0 saturated heterocycles. The summed E-state index contributed by atoms with van der Waals surface area (Å²) in [6, 6.07) is 16.7. The smallest absolute Gasteiger partial charge is 0.118 e. The monoisotopic (exact) mass is 348 g/mol. The fourth-order valence-electron chi connectivity index (χ4n) is 2.38. The summed E-state index contributed by atoms with van der Waals surface area (Å²) < 4.78 is 6.27. The first-order valence-corrected chi connectivity index (χ1v) is 7.72. The Morgan fingerprint density at radius 2 is 1.71 bits per heavy atom. The van der Waals surface area contributed by atoms with E-state index in [1.54, 1.807) is 7.11 Å². The Morgan fingerprint density at radius 1 is 1.10 bits per heavy atom. The minimum Gasteiger partial charge on any atom is -0.497 e. The van der Waals surface area contributed by atoms with Crippen LogP contribution in [-0.2, 0) is 6.54 Å². The van der Waals surface area contributed by atoms with Crippen LogP contribution in [0.25, 0.3) is 0 Å². The Bertz CT molecular complexity index is 554. The van der Waals surface area contributed by atoms with Gasteiger partial charge in [0.1, 0.15) is 5.75 Å². The molecule has 0 fully saturated rings. The molecule has 2 N–H and O–H groups in total. The number of nitrogens with zero attached hydrogens (tertiary/aromatic N) is 1. The predicted octanol–water partition coefficient (Wildman–Crippen LogP) is 3.59. The molecule has 0 spiro atoms. The molecule has 1 atom stereocenters. The zero-order chi connectivity index (χ0) is 15.2. The first-order valence-electron chi connectivity index (χ1n) is 6.92. The molecular weight excluding hydrogens is 328 g/mol. The summed E-state index contributed by atoms with van der Waals surface area (Å²) in [6.45, 7) is 1.44. The zero-order valence-electron chi connectivity index (χ0n) is 12.4. The van der Waals surface area contributed by atoms with E-state index in [9.17, 15) is 0 Å². The number of nitrogens with two attached hydrogens (primary N) is 1. The quantitative estimate of drug-likeness (QED) is 0.866. The van der Waals surface area contributed by atoms with Crippen molar-refractivity contribution >= 4 is 15.9 Å². The number of methoxy groups -OCH3 is 1. The lowest BCUT2D eigenvalue weighted by atomic mass is 10.1. The van der Waals surface area contributed by atoms with E-state index in [0.29, 0.717) is 6.54 Å². The molecule has 4 heteroatoms. The number of halogens is 1. The largest absolute Gasteiger partial charge is 0.497 e. The number of ether oxygens (including phenoxy) is 1. The van der Waals surface area contributed by atoms with E-state index in [2.05, 4.69) is 64.3 Å². The van der Waals surface area contributed by atoms with Crippen molar-refractivity contribution in [3.05, 3.63) is 64.1 Å². The maximum absolute atomic E-state index is 5.97. The van der Waals surface area contributed by atoms with Gasteiger partial charge in [-0.25, -0.2) is 0 Å². The van der Waals surface area contributed by atoms with Crippen molar-refractivity contribution in [1.82, 2.24) is 4.90 Å². The SMILES string of the molecule is COc1ccc(CN(C)C(CN)c2ccc(Br)cc2)cc1. The maximum atomic E-state index is 5.97. The second-order valence-corrected chi connectivity index (χ2v) is 5.98. The van der Waals surface area contributed by atoms with Gasteiger partial charge in [0.15, 0.2) is 0 Å². The molecule has 0 amide bonds. The molecule has 0 bridgehead atoms. The second-order valence-electron chi connectivity index (χ2n) is 5.07. The number of rotatable bonds is 6. The molecule has 0 heterocycles. The third-order valence-corrected chi connectivity index (χ3v) is 4.13. The highest BCUT2D eigenvalue weighted by atomic mass is 79.9. The van der Waals surface area contributed by atoms with E-state index in [4.69, 9.17) is 10.5 Å². The van der Waals surface area contributed by atoms with Crippen LogP contribution in [0.15, 0.2) is 53.0 Å². The van der Waals surface area contributed by atoms with E-state index in [-0.39, 0.29) is 6.04 Å². The topological polar surface area (TPSA) is 38.5 Å². The zero-order valence-corrected chi connectivity index (χ0v) is 14.0. The summed E-state index contributed by atoms with van der Waals surface area (Å²) in [5.41, 5.74) is 8.45. The summed E-state index contributed by atoms with van der Waals surface area (Å²) in [7, 11) is 3.78. The summed E-state index contributed by atoms with van der Waals surface area (Å²) >= 11 is 3.46. The normalized spacial score (nSPS) is 12.4. The Balaban J connectivity index is 2.08. The van der Waals surface area contributed by atoms with Gasteiger partial charge in [-0.2, -0.15) is 0 Å². The first-order chi connectivity index (χ1) is 10.1. The van der Waals surface area contributed by atoms with Gasteiger partial charge in [-0.1, -0.05) is 40.2 Å². The van der Waals surface area contributed by atoms with E-state index in [1.165, 1.54) is 11.1 Å². The lowest BCUT2D eigenvalue weighted by Gasteiger charge is -2.27. The molecule has 0 aliphatic carbocycles. The van der Waals surface area contributed by atoms with E-state index >= 15 is 0 Å². The molecule has 0 aliphatic heterocycles. The van der Waals surface area contributed by atoms with Crippen molar-refractivity contribution in [2.75, 3.05) is 20.7 Å². The van der Waals surface area contributed by atoms with Gasteiger partial charge < -0.3 is 10.5 Å². The molecule has 3 nitrogen and oxygen atoms in total. The van der Waals surface area contributed by atoms with Gasteiger partial charge in [0.05, 0.1) is 7.11 Å². The molecule has 0 radical (unpaired) electrons. The molecule has 2 aromatic rings. The average molecular weight is 349 g/mol. The maximum Gasteiger partial charge on any atom is 0.118 e. The minimum atomic E-state index is 0.209. The molecule has 1 unspecified atom stereocenters. The Hall–Kier alpha value is -1.36. The molecule has 112 valence electrons. The van der Waals surface area contributed by atoms with Gasteiger partial charge in [-0.05, 0) is 42.4 Å². The highest BCUT2D eigenvalue weighted by Crippen LogP contribution is 2.23. The minimum absolute atomic E-state index is 0.209.